The summed E-state index contributed by atoms with van der Waals surface area (Å²) in [7, 11) is 0. The van der Waals surface area contributed by atoms with Crippen LogP contribution in [0.5, 0.6) is 5.75 Å². The molecular weight excluding hydrogens is 194 g/mol. The number of rotatable bonds is 5. The summed E-state index contributed by atoms with van der Waals surface area (Å²) in [5, 5.41) is 9.05. The standard InChI is InChI=1S/C11H15NO3/c1-2-9(11(12)14)15-10-6-4-3-5-8(10)7-13/h3-6,9,13H,2,7H2,1H3,(H2,12,14). The zero-order valence-corrected chi connectivity index (χ0v) is 8.64. The molecule has 0 saturated carbocycles. The van der Waals surface area contributed by atoms with Crippen LogP contribution in [-0.4, -0.2) is 17.1 Å². The van der Waals surface area contributed by atoms with Crippen LogP contribution in [0.4, 0.5) is 0 Å². The van der Waals surface area contributed by atoms with Crippen LogP contribution in [-0.2, 0) is 11.4 Å². The highest BCUT2D eigenvalue weighted by Crippen LogP contribution is 2.19. The molecule has 0 saturated heterocycles. The van der Waals surface area contributed by atoms with Crippen molar-refractivity contribution in [2.45, 2.75) is 26.1 Å². The van der Waals surface area contributed by atoms with E-state index >= 15 is 0 Å². The molecule has 0 aromatic heterocycles. The van der Waals surface area contributed by atoms with Gasteiger partial charge >= 0.3 is 0 Å². The Hall–Kier alpha value is -1.55. The second-order valence-corrected chi connectivity index (χ2v) is 3.18. The molecule has 1 unspecified atom stereocenters. The SMILES string of the molecule is CCC(Oc1ccccc1CO)C(N)=O. The zero-order chi connectivity index (χ0) is 11.3. The summed E-state index contributed by atoms with van der Waals surface area (Å²) in [5.41, 5.74) is 5.81. The van der Waals surface area contributed by atoms with Gasteiger partial charge in [0.1, 0.15) is 5.75 Å². The van der Waals surface area contributed by atoms with E-state index < -0.39 is 12.0 Å². The number of hydrogen-bond donors (Lipinski definition) is 2. The molecular formula is C11H15NO3. The number of para-hydroxylation sites is 1. The van der Waals surface area contributed by atoms with Gasteiger partial charge in [-0.1, -0.05) is 25.1 Å². The second kappa shape index (κ2) is 5.36. The molecule has 1 atom stereocenters. The van der Waals surface area contributed by atoms with Crippen molar-refractivity contribution in [2.24, 2.45) is 5.73 Å². The summed E-state index contributed by atoms with van der Waals surface area (Å²) in [6.07, 6.45) is -0.132. The molecule has 1 aromatic rings. The summed E-state index contributed by atoms with van der Waals surface area (Å²) in [4.78, 5) is 11.0. The van der Waals surface area contributed by atoms with Crippen molar-refractivity contribution < 1.29 is 14.6 Å². The minimum atomic E-state index is -0.641. The molecule has 0 fully saturated rings. The number of ether oxygens (including phenoxy) is 1. The number of carbonyl (C=O) groups excluding carboxylic acids is 1. The van der Waals surface area contributed by atoms with E-state index in [-0.39, 0.29) is 6.61 Å². The molecule has 4 nitrogen and oxygen atoms in total. The normalized spacial score (nSPS) is 12.1. The van der Waals surface area contributed by atoms with Gasteiger partial charge in [-0.25, -0.2) is 0 Å². The second-order valence-electron chi connectivity index (χ2n) is 3.18. The van der Waals surface area contributed by atoms with Crippen molar-refractivity contribution in [1.82, 2.24) is 0 Å². The summed E-state index contributed by atoms with van der Waals surface area (Å²) in [6, 6.07) is 7.02. The van der Waals surface area contributed by atoms with Gasteiger partial charge in [-0.3, -0.25) is 4.79 Å². The summed E-state index contributed by atoms with van der Waals surface area (Å²) in [5.74, 6) is 0.0101. The smallest absolute Gasteiger partial charge is 0.258 e. The van der Waals surface area contributed by atoms with Crippen LogP contribution in [0.15, 0.2) is 24.3 Å². The molecule has 0 bridgehead atoms. The maximum Gasteiger partial charge on any atom is 0.258 e. The van der Waals surface area contributed by atoms with Gasteiger partial charge in [0.2, 0.25) is 0 Å². The van der Waals surface area contributed by atoms with E-state index in [1.807, 2.05) is 6.92 Å². The van der Waals surface area contributed by atoms with Crippen LogP contribution in [0, 0.1) is 0 Å². The lowest BCUT2D eigenvalue weighted by atomic mass is 10.2. The van der Waals surface area contributed by atoms with E-state index in [4.69, 9.17) is 15.6 Å². The Kier molecular flexibility index (Phi) is 4.12. The lowest BCUT2D eigenvalue weighted by molar-refractivity contribution is -0.124. The van der Waals surface area contributed by atoms with Crippen molar-refractivity contribution in [1.29, 1.82) is 0 Å². The molecule has 0 aliphatic heterocycles. The van der Waals surface area contributed by atoms with E-state index in [0.717, 1.165) is 0 Å². The van der Waals surface area contributed by atoms with Gasteiger partial charge in [-0.2, -0.15) is 0 Å². The Morgan fingerprint density at radius 1 is 1.53 bits per heavy atom. The molecule has 1 amide bonds. The highest BCUT2D eigenvalue weighted by atomic mass is 16.5. The lowest BCUT2D eigenvalue weighted by Crippen LogP contribution is -2.33. The Morgan fingerprint density at radius 2 is 2.20 bits per heavy atom. The van der Waals surface area contributed by atoms with Gasteiger partial charge in [0.15, 0.2) is 6.10 Å². The minimum Gasteiger partial charge on any atom is -0.480 e. The first-order valence-electron chi connectivity index (χ1n) is 4.83. The molecule has 0 aliphatic rings. The number of nitrogens with two attached hydrogens (primary N) is 1. The first-order chi connectivity index (χ1) is 7.19. The van der Waals surface area contributed by atoms with Gasteiger partial charge in [-0.05, 0) is 12.5 Å². The third-order valence-corrected chi connectivity index (χ3v) is 2.10. The number of aliphatic hydroxyl groups is 1. The highest BCUT2D eigenvalue weighted by Gasteiger charge is 2.15. The fourth-order valence-electron chi connectivity index (χ4n) is 1.25. The molecule has 0 spiro atoms. The molecule has 82 valence electrons. The van der Waals surface area contributed by atoms with E-state index in [2.05, 4.69) is 0 Å². The highest BCUT2D eigenvalue weighted by molar-refractivity contribution is 5.79. The van der Waals surface area contributed by atoms with E-state index in [9.17, 15) is 4.79 Å². The van der Waals surface area contributed by atoms with Crippen LogP contribution in [0.1, 0.15) is 18.9 Å². The van der Waals surface area contributed by atoms with E-state index in [0.29, 0.717) is 17.7 Å². The number of primary amides is 1. The Labute approximate surface area is 88.7 Å². The van der Waals surface area contributed by atoms with Crippen molar-refractivity contribution in [3.63, 3.8) is 0 Å². The Morgan fingerprint density at radius 3 is 2.73 bits per heavy atom. The van der Waals surface area contributed by atoms with Gasteiger partial charge in [-0.15, -0.1) is 0 Å². The maximum atomic E-state index is 11.0. The van der Waals surface area contributed by atoms with Crippen molar-refractivity contribution in [3.8, 4) is 5.75 Å². The molecule has 0 heterocycles. The Balaban J connectivity index is 2.82. The van der Waals surface area contributed by atoms with Gasteiger partial charge < -0.3 is 15.6 Å². The largest absolute Gasteiger partial charge is 0.480 e. The topological polar surface area (TPSA) is 72.6 Å². The fraction of sp³-hybridized carbons (Fsp3) is 0.364. The molecule has 4 heteroatoms. The molecule has 1 rings (SSSR count). The first-order valence-corrected chi connectivity index (χ1v) is 4.83. The van der Waals surface area contributed by atoms with Crippen LogP contribution in [0.2, 0.25) is 0 Å². The fourth-order valence-corrected chi connectivity index (χ4v) is 1.25. The molecule has 1 aromatic carbocycles. The zero-order valence-electron chi connectivity index (χ0n) is 8.64. The van der Waals surface area contributed by atoms with Crippen molar-refractivity contribution in [2.75, 3.05) is 0 Å². The van der Waals surface area contributed by atoms with Gasteiger partial charge in [0.25, 0.3) is 5.91 Å². The lowest BCUT2D eigenvalue weighted by Gasteiger charge is -2.16. The molecule has 0 aliphatic carbocycles. The van der Waals surface area contributed by atoms with E-state index in [1.54, 1.807) is 24.3 Å². The van der Waals surface area contributed by atoms with Crippen molar-refractivity contribution >= 4 is 5.91 Å². The van der Waals surface area contributed by atoms with Gasteiger partial charge in [0, 0.05) is 5.56 Å². The van der Waals surface area contributed by atoms with Crippen molar-refractivity contribution in [3.05, 3.63) is 29.8 Å². The summed E-state index contributed by atoms with van der Waals surface area (Å²) < 4.78 is 5.41. The quantitative estimate of drug-likeness (QED) is 0.754. The van der Waals surface area contributed by atoms with Crippen LogP contribution in [0.25, 0.3) is 0 Å². The molecule has 15 heavy (non-hydrogen) atoms. The number of amides is 1. The van der Waals surface area contributed by atoms with Crippen LogP contribution in [0.3, 0.4) is 0 Å². The van der Waals surface area contributed by atoms with E-state index in [1.165, 1.54) is 0 Å². The molecule has 3 N–H and O–H groups in total. The average Bonchev–Trinajstić information content (AvgIpc) is 2.25. The third-order valence-electron chi connectivity index (χ3n) is 2.10. The van der Waals surface area contributed by atoms with Crippen LogP contribution < -0.4 is 10.5 Å². The monoisotopic (exact) mass is 209 g/mol. The van der Waals surface area contributed by atoms with Crippen LogP contribution >= 0.6 is 0 Å². The maximum absolute atomic E-state index is 11.0. The number of aliphatic hydroxyl groups excluding tert-OH is 1. The number of carbonyl (C=O) groups is 1. The predicted molar refractivity (Wildman–Crippen MR) is 56.3 cm³/mol. The third kappa shape index (κ3) is 2.95. The van der Waals surface area contributed by atoms with Gasteiger partial charge in [0.05, 0.1) is 6.61 Å². The summed E-state index contributed by atoms with van der Waals surface area (Å²) in [6.45, 7) is 1.70. The number of hydrogen-bond acceptors (Lipinski definition) is 3. The summed E-state index contributed by atoms with van der Waals surface area (Å²) >= 11 is 0. The average molecular weight is 209 g/mol. The first kappa shape index (κ1) is 11.5. The molecule has 0 radical (unpaired) electrons. The minimum absolute atomic E-state index is 0.120. The number of benzene rings is 1. The Bertz CT molecular complexity index is 338. The predicted octanol–water partition coefficient (Wildman–Crippen LogP) is 0.822.